The summed E-state index contributed by atoms with van der Waals surface area (Å²) in [6, 6.07) is 16.3. The van der Waals surface area contributed by atoms with Crippen molar-refractivity contribution in [3.05, 3.63) is 87.7 Å². The Hall–Kier alpha value is -3.49. The molecule has 0 unspecified atom stereocenters. The monoisotopic (exact) mass is 481 g/mol. The van der Waals surface area contributed by atoms with Crippen molar-refractivity contribution < 1.29 is 18.7 Å². The first kappa shape index (κ1) is 22.7. The van der Waals surface area contributed by atoms with Gasteiger partial charge in [-0.1, -0.05) is 23.7 Å². The normalized spacial score (nSPS) is 16.3. The number of furan rings is 1. The molecule has 0 radical (unpaired) electrons. The van der Waals surface area contributed by atoms with E-state index in [-0.39, 0.29) is 12.5 Å². The van der Waals surface area contributed by atoms with E-state index in [9.17, 15) is 4.79 Å². The van der Waals surface area contributed by atoms with Gasteiger partial charge in [0.15, 0.2) is 16.7 Å². The average molecular weight is 482 g/mol. The molecule has 9 heteroatoms. The van der Waals surface area contributed by atoms with Gasteiger partial charge in [-0.25, -0.2) is 0 Å². The summed E-state index contributed by atoms with van der Waals surface area (Å²) in [7, 11) is 3.15. The van der Waals surface area contributed by atoms with E-state index in [1.54, 1.807) is 63.1 Å². The molecule has 7 nitrogen and oxygen atoms in total. The molecule has 2 aromatic carbocycles. The van der Waals surface area contributed by atoms with Crippen molar-refractivity contribution in [1.29, 1.82) is 0 Å². The number of amides is 1. The van der Waals surface area contributed by atoms with E-state index in [0.29, 0.717) is 32.4 Å². The molecule has 168 valence electrons. The van der Waals surface area contributed by atoms with Crippen LogP contribution in [-0.2, 0) is 11.3 Å². The summed E-state index contributed by atoms with van der Waals surface area (Å²) < 4.78 is 16.0. The van der Waals surface area contributed by atoms with Crippen molar-refractivity contribution in [3.8, 4) is 11.5 Å². The number of hydrogen-bond acceptors (Lipinski definition) is 7. The second kappa shape index (κ2) is 10.4. The first-order valence-electron chi connectivity index (χ1n) is 9.90. The third kappa shape index (κ3) is 5.47. The van der Waals surface area contributed by atoms with Crippen molar-refractivity contribution in [1.82, 2.24) is 4.90 Å². The molecule has 33 heavy (non-hydrogen) atoms. The SMILES string of the molecule is COc1ccc(/C=N/N=C2\S/C(=C\c3ccc(Cl)cc3)C(=O)N2Cc2ccco2)cc1OC. The van der Waals surface area contributed by atoms with Crippen LogP contribution in [0, 0.1) is 0 Å². The van der Waals surface area contributed by atoms with Crippen molar-refractivity contribution in [3.63, 3.8) is 0 Å². The number of thioether (sulfide) groups is 1. The van der Waals surface area contributed by atoms with E-state index in [4.69, 9.17) is 25.5 Å². The lowest BCUT2D eigenvalue weighted by atomic mass is 10.2. The third-order valence-corrected chi connectivity index (χ3v) is 5.96. The molecule has 1 amide bonds. The zero-order valence-electron chi connectivity index (χ0n) is 17.9. The molecule has 4 rings (SSSR count). The summed E-state index contributed by atoms with van der Waals surface area (Å²) in [4.78, 5) is 15.2. The molecule has 1 saturated heterocycles. The van der Waals surface area contributed by atoms with Crippen LogP contribution < -0.4 is 9.47 Å². The van der Waals surface area contributed by atoms with Crippen LogP contribution in [0.2, 0.25) is 5.02 Å². The number of halogens is 1. The lowest BCUT2D eigenvalue weighted by Gasteiger charge is -2.12. The molecule has 0 saturated carbocycles. The highest BCUT2D eigenvalue weighted by atomic mass is 35.5. The van der Waals surface area contributed by atoms with E-state index >= 15 is 0 Å². The fraction of sp³-hybridized carbons (Fsp3) is 0.125. The smallest absolute Gasteiger partial charge is 0.267 e. The van der Waals surface area contributed by atoms with Gasteiger partial charge >= 0.3 is 0 Å². The maximum atomic E-state index is 13.1. The Balaban J connectivity index is 1.60. The van der Waals surface area contributed by atoms with Crippen LogP contribution >= 0.6 is 23.4 Å². The largest absolute Gasteiger partial charge is 0.493 e. The lowest BCUT2D eigenvalue weighted by molar-refractivity contribution is -0.122. The van der Waals surface area contributed by atoms with Crippen molar-refractivity contribution >= 4 is 46.7 Å². The molecular formula is C24H20ClN3O4S. The summed E-state index contributed by atoms with van der Waals surface area (Å²) in [6.45, 7) is 0.251. The second-order valence-electron chi connectivity index (χ2n) is 6.87. The highest BCUT2D eigenvalue weighted by Crippen LogP contribution is 2.34. The molecule has 1 aromatic heterocycles. The Morgan fingerprint density at radius 1 is 1.06 bits per heavy atom. The molecule has 1 aliphatic heterocycles. The maximum Gasteiger partial charge on any atom is 0.267 e. The Labute approximate surface area is 200 Å². The number of carbonyl (C=O) groups is 1. The van der Waals surface area contributed by atoms with Gasteiger partial charge in [-0.2, -0.15) is 5.10 Å². The Morgan fingerprint density at radius 3 is 2.52 bits per heavy atom. The number of benzene rings is 2. The van der Waals surface area contributed by atoms with Crippen molar-refractivity contribution in [2.24, 2.45) is 10.2 Å². The number of carbonyl (C=O) groups excluding carboxylic acids is 1. The van der Waals surface area contributed by atoms with Gasteiger partial charge in [-0.05, 0) is 71.4 Å². The minimum atomic E-state index is -0.175. The van der Waals surface area contributed by atoms with Crippen LogP contribution in [-0.4, -0.2) is 36.4 Å². The van der Waals surface area contributed by atoms with E-state index in [1.807, 2.05) is 24.3 Å². The summed E-state index contributed by atoms with van der Waals surface area (Å²) in [6.07, 6.45) is 4.96. The number of nitrogens with zero attached hydrogens (tertiary/aromatic N) is 3. The standard InChI is InChI=1S/C24H20ClN3O4S/c1-30-20-10-7-17(12-21(20)31-2)14-26-27-24-28(15-19-4-3-11-32-19)23(29)22(33-24)13-16-5-8-18(25)9-6-16/h3-14H,15H2,1-2H3/b22-13-,26-14+,27-24-. The minimum Gasteiger partial charge on any atom is -0.493 e. The topological polar surface area (TPSA) is 76.6 Å². The highest BCUT2D eigenvalue weighted by Gasteiger charge is 2.34. The van der Waals surface area contributed by atoms with Crippen LogP contribution in [0.15, 0.2) is 80.4 Å². The third-order valence-electron chi connectivity index (χ3n) is 4.71. The molecule has 0 atom stereocenters. The summed E-state index contributed by atoms with van der Waals surface area (Å²) in [5.74, 6) is 1.69. The summed E-state index contributed by atoms with van der Waals surface area (Å²) in [5, 5.41) is 9.60. The highest BCUT2D eigenvalue weighted by molar-refractivity contribution is 8.18. The zero-order chi connectivity index (χ0) is 23.2. The van der Waals surface area contributed by atoms with Crippen LogP contribution in [0.1, 0.15) is 16.9 Å². The lowest BCUT2D eigenvalue weighted by Crippen LogP contribution is -2.28. The first-order valence-corrected chi connectivity index (χ1v) is 11.1. The molecule has 2 heterocycles. The van der Waals surface area contributed by atoms with E-state index < -0.39 is 0 Å². The Kier molecular flexibility index (Phi) is 7.16. The molecule has 0 spiro atoms. The predicted octanol–water partition coefficient (Wildman–Crippen LogP) is 5.46. The first-order chi connectivity index (χ1) is 16.1. The van der Waals surface area contributed by atoms with Gasteiger partial charge in [0.05, 0.1) is 38.1 Å². The Morgan fingerprint density at radius 2 is 1.82 bits per heavy atom. The van der Waals surface area contributed by atoms with Gasteiger partial charge in [-0.15, -0.1) is 5.10 Å². The molecule has 3 aromatic rings. The molecule has 0 aliphatic carbocycles. The van der Waals surface area contributed by atoms with Crippen LogP contribution in [0.25, 0.3) is 6.08 Å². The summed E-state index contributed by atoms with van der Waals surface area (Å²) >= 11 is 7.22. The van der Waals surface area contributed by atoms with Gasteiger partial charge in [-0.3, -0.25) is 9.69 Å². The van der Waals surface area contributed by atoms with Gasteiger partial charge in [0.2, 0.25) is 0 Å². The van der Waals surface area contributed by atoms with E-state index in [2.05, 4.69) is 10.2 Å². The fourth-order valence-electron chi connectivity index (χ4n) is 3.07. The van der Waals surface area contributed by atoms with Gasteiger partial charge < -0.3 is 13.9 Å². The van der Waals surface area contributed by atoms with Gasteiger partial charge in [0, 0.05) is 5.02 Å². The average Bonchev–Trinajstić information content (AvgIpc) is 3.44. The zero-order valence-corrected chi connectivity index (χ0v) is 19.5. The molecule has 0 N–H and O–H groups in total. The summed E-state index contributed by atoms with van der Waals surface area (Å²) in [5.41, 5.74) is 1.64. The van der Waals surface area contributed by atoms with Crippen LogP contribution in [0.5, 0.6) is 11.5 Å². The van der Waals surface area contributed by atoms with Crippen LogP contribution in [0.3, 0.4) is 0 Å². The molecular weight excluding hydrogens is 462 g/mol. The Bertz CT molecular complexity index is 1220. The fourth-order valence-corrected chi connectivity index (χ4v) is 4.13. The van der Waals surface area contributed by atoms with Crippen LogP contribution in [0.4, 0.5) is 0 Å². The maximum absolute atomic E-state index is 13.1. The second-order valence-corrected chi connectivity index (χ2v) is 8.32. The molecule has 1 fully saturated rings. The quantitative estimate of drug-likeness (QED) is 0.254. The molecule has 1 aliphatic rings. The van der Waals surface area contributed by atoms with Crippen molar-refractivity contribution in [2.45, 2.75) is 6.54 Å². The van der Waals surface area contributed by atoms with E-state index in [0.717, 1.165) is 11.1 Å². The van der Waals surface area contributed by atoms with Crippen molar-refractivity contribution in [2.75, 3.05) is 14.2 Å². The number of methoxy groups -OCH3 is 2. The number of hydrogen-bond donors (Lipinski definition) is 0. The number of amidine groups is 1. The van der Waals surface area contributed by atoms with Gasteiger partial charge in [0.25, 0.3) is 5.91 Å². The predicted molar refractivity (Wildman–Crippen MR) is 131 cm³/mol. The van der Waals surface area contributed by atoms with E-state index in [1.165, 1.54) is 16.7 Å². The molecule has 0 bridgehead atoms. The minimum absolute atomic E-state index is 0.175. The van der Waals surface area contributed by atoms with Gasteiger partial charge in [0.1, 0.15) is 5.76 Å². The number of ether oxygens (including phenoxy) is 2. The number of rotatable bonds is 7.